The van der Waals surface area contributed by atoms with Gasteiger partial charge >= 0.3 is 0 Å². The number of hydrogen-bond donors (Lipinski definition) is 0. The Labute approximate surface area is 112 Å². The number of allylic oxidation sites excluding steroid dienone is 1. The summed E-state index contributed by atoms with van der Waals surface area (Å²) in [5.74, 6) is 0.824. The Morgan fingerprint density at radius 1 is 1.28 bits per heavy atom. The van der Waals surface area contributed by atoms with E-state index < -0.39 is 0 Å². The fourth-order valence-corrected chi connectivity index (χ4v) is 3.26. The Bertz CT molecular complexity index is 287. The summed E-state index contributed by atoms with van der Waals surface area (Å²) in [6, 6.07) is 0. The minimum atomic E-state index is 0.404. The van der Waals surface area contributed by atoms with Crippen LogP contribution in [-0.2, 0) is 4.74 Å². The Balaban J connectivity index is 1.79. The van der Waals surface area contributed by atoms with E-state index >= 15 is 0 Å². The predicted octanol–water partition coefficient (Wildman–Crippen LogP) is 3.62. The van der Waals surface area contributed by atoms with Crippen molar-refractivity contribution in [1.29, 1.82) is 0 Å². The van der Waals surface area contributed by atoms with Crippen LogP contribution in [0.4, 0.5) is 0 Å². The Morgan fingerprint density at radius 2 is 2.00 bits per heavy atom. The fourth-order valence-electron chi connectivity index (χ4n) is 3.26. The highest BCUT2D eigenvalue weighted by molar-refractivity contribution is 5.17. The van der Waals surface area contributed by atoms with Crippen molar-refractivity contribution in [2.45, 2.75) is 59.0 Å². The lowest BCUT2D eigenvalue weighted by Crippen LogP contribution is -2.30. The van der Waals surface area contributed by atoms with Gasteiger partial charge in [0.1, 0.15) is 0 Å². The molecular formula is C16H29NO. The normalized spacial score (nSPS) is 29.8. The molecule has 2 atom stereocenters. The van der Waals surface area contributed by atoms with Crippen LogP contribution < -0.4 is 0 Å². The molecule has 0 bridgehead atoms. The summed E-state index contributed by atoms with van der Waals surface area (Å²) in [5.41, 5.74) is 3.06. The van der Waals surface area contributed by atoms with Gasteiger partial charge in [-0.3, -0.25) is 0 Å². The van der Waals surface area contributed by atoms with E-state index in [9.17, 15) is 0 Å². The monoisotopic (exact) mass is 251 g/mol. The second-order valence-electron chi connectivity index (χ2n) is 6.31. The van der Waals surface area contributed by atoms with Gasteiger partial charge in [0.05, 0.1) is 12.7 Å². The maximum atomic E-state index is 6.19. The maximum Gasteiger partial charge on any atom is 0.0790 e. The van der Waals surface area contributed by atoms with Gasteiger partial charge in [-0.2, -0.15) is 0 Å². The van der Waals surface area contributed by atoms with Gasteiger partial charge in [0.2, 0.25) is 0 Å². The molecule has 0 N–H and O–H groups in total. The third kappa shape index (κ3) is 3.83. The topological polar surface area (TPSA) is 12.5 Å². The number of rotatable bonds is 4. The van der Waals surface area contributed by atoms with E-state index in [1.165, 1.54) is 50.8 Å². The minimum Gasteiger partial charge on any atom is -0.373 e. The lowest BCUT2D eigenvalue weighted by atomic mass is 9.83. The molecule has 104 valence electrons. The number of ether oxygens (including phenoxy) is 1. The summed E-state index contributed by atoms with van der Waals surface area (Å²) in [4.78, 5) is 2.54. The molecule has 1 unspecified atom stereocenters. The average Bonchev–Trinajstić information content (AvgIpc) is 2.82. The van der Waals surface area contributed by atoms with Crippen molar-refractivity contribution in [2.24, 2.45) is 5.92 Å². The van der Waals surface area contributed by atoms with Crippen molar-refractivity contribution >= 4 is 0 Å². The first-order chi connectivity index (χ1) is 8.66. The van der Waals surface area contributed by atoms with Crippen molar-refractivity contribution in [1.82, 2.24) is 4.90 Å². The predicted molar refractivity (Wildman–Crippen MR) is 76.8 cm³/mol. The van der Waals surface area contributed by atoms with Crippen molar-refractivity contribution in [2.75, 3.05) is 26.2 Å². The van der Waals surface area contributed by atoms with Gasteiger partial charge < -0.3 is 9.64 Å². The van der Waals surface area contributed by atoms with E-state index in [0.29, 0.717) is 6.10 Å². The van der Waals surface area contributed by atoms with Crippen LogP contribution in [0.2, 0.25) is 0 Å². The van der Waals surface area contributed by atoms with Gasteiger partial charge in [0.25, 0.3) is 0 Å². The van der Waals surface area contributed by atoms with Crippen LogP contribution in [0.1, 0.15) is 52.9 Å². The third-order valence-corrected chi connectivity index (χ3v) is 4.48. The molecule has 1 aliphatic heterocycles. The van der Waals surface area contributed by atoms with Crippen LogP contribution in [0.5, 0.6) is 0 Å². The van der Waals surface area contributed by atoms with E-state index in [4.69, 9.17) is 4.74 Å². The first-order valence-corrected chi connectivity index (χ1v) is 7.67. The second-order valence-corrected chi connectivity index (χ2v) is 6.31. The first kappa shape index (κ1) is 14.1. The molecule has 2 rings (SSSR count). The minimum absolute atomic E-state index is 0.404. The van der Waals surface area contributed by atoms with Crippen LogP contribution in [0.3, 0.4) is 0 Å². The summed E-state index contributed by atoms with van der Waals surface area (Å²) in [6.45, 7) is 11.4. The zero-order chi connectivity index (χ0) is 13.0. The smallest absolute Gasteiger partial charge is 0.0790 e. The molecular weight excluding hydrogens is 222 g/mol. The molecule has 2 aliphatic rings. The van der Waals surface area contributed by atoms with E-state index in [-0.39, 0.29) is 0 Å². The number of likely N-dealkylation sites (tertiary alicyclic amines) is 1. The summed E-state index contributed by atoms with van der Waals surface area (Å²) in [5, 5.41) is 0. The van der Waals surface area contributed by atoms with Gasteiger partial charge in [-0.1, -0.05) is 12.5 Å². The number of nitrogens with zero attached hydrogens (tertiary/aromatic N) is 1. The Morgan fingerprint density at radius 3 is 2.67 bits per heavy atom. The molecule has 1 aliphatic carbocycles. The Kier molecular flexibility index (Phi) is 5.25. The number of hydrogen-bond acceptors (Lipinski definition) is 2. The van der Waals surface area contributed by atoms with Crippen molar-refractivity contribution in [3.63, 3.8) is 0 Å². The quantitative estimate of drug-likeness (QED) is 0.708. The van der Waals surface area contributed by atoms with Crippen molar-refractivity contribution in [3.8, 4) is 0 Å². The Hall–Kier alpha value is -0.340. The highest BCUT2D eigenvalue weighted by atomic mass is 16.5. The standard InChI is InChI=1S/C16H29NO/c1-13(2)15-7-6-14(3)12-16(15)18-11-10-17-8-4-5-9-17/h14,16H,4-12H2,1-3H3/t14-,16?/m1/s1. The van der Waals surface area contributed by atoms with E-state index in [1.54, 1.807) is 5.57 Å². The highest BCUT2D eigenvalue weighted by Crippen LogP contribution is 2.32. The molecule has 0 amide bonds. The van der Waals surface area contributed by atoms with Crippen LogP contribution >= 0.6 is 0 Å². The molecule has 2 heteroatoms. The summed E-state index contributed by atoms with van der Waals surface area (Å²) < 4.78 is 6.19. The van der Waals surface area contributed by atoms with Crippen LogP contribution in [0.25, 0.3) is 0 Å². The van der Waals surface area contributed by atoms with Crippen molar-refractivity contribution < 1.29 is 4.74 Å². The van der Waals surface area contributed by atoms with Crippen molar-refractivity contribution in [3.05, 3.63) is 11.1 Å². The molecule has 0 aromatic heterocycles. The van der Waals surface area contributed by atoms with E-state index in [2.05, 4.69) is 25.7 Å². The maximum absolute atomic E-state index is 6.19. The molecule has 1 saturated heterocycles. The van der Waals surface area contributed by atoms with Crippen LogP contribution in [-0.4, -0.2) is 37.2 Å². The molecule has 2 nitrogen and oxygen atoms in total. The molecule has 0 spiro atoms. The highest BCUT2D eigenvalue weighted by Gasteiger charge is 2.25. The van der Waals surface area contributed by atoms with Gasteiger partial charge in [0, 0.05) is 6.54 Å². The van der Waals surface area contributed by atoms with Crippen LogP contribution in [0, 0.1) is 5.92 Å². The zero-order valence-electron chi connectivity index (χ0n) is 12.4. The SMILES string of the molecule is CC(C)=C1CC[C@@H](C)CC1OCCN1CCCC1. The third-order valence-electron chi connectivity index (χ3n) is 4.48. The lowest BCUT2D eigenvalue weighted by molar-refractivity contribution is 0.0366. The summed E-state index contributed by atoms with van der Waals surface area (Å²) in [6.07, 6.45) is 6.96. The van der Waals surface area contributed by atoms with E-state index in [0.717, 1.165) is 19.1 Å². The summed E-state index contributed by atoms with van der Waals surface area (Å²) in [7, 11) is 0. The molecule has 18 heavy (non-hydrogen) atoms. The molecule has 1 heterocycles. The molecule has 1 saturated carbocycles. The van der Waals surface area contributed by atoms with E-state index in [1.807, 2.05) is 0 Å². The lowest BCUT2D eigenvalue weighted by Gasteiger charge is -2.31. The van der Waals surface area contributed by atoms with Gasteiger partial charge in [0.15, 0.2) is 0 Å². The van der Waals surface area contributed by atoms with Crippen LogP contribution in [0.15, 0.2) is 11.1 Å². The molecule has 0 aromatic carbocycles. The zero-order valence-corrected chi connectivity index (χ0v) is 12.4. The first-order valence-electron chi connectivity index (χ1n) is 7.67. The average molecular weight is 251 g/mol. The molecule has 2 fully saturated rings. The largest absolute Gasteiger partial charge is 0.373 e. The molecule has 0 radical (unpaired) electrons. The van der Waals surface area contributed by atoms with Gasteiger partial charge in [-0.15, -0.1) is 0 Å². The summed E-state index contributed by atoms with van der Waals surface area (Å²) >= 11 is 0. The second kappa shape index (κ2) is 6.72. The fraction of sp³-hybridized carbons (Fsp3) is 0.875. The van der Waals surface area contributed by atoms with Gasteiger partial charge in [-0.25, -0.2) is 0 Å². The van der Waals surface area contributed by atoms with Gasteiger partial charge in [-0.05, 0) is 70.5 Å². The molecule has 0 aromatic rings.